The highest BCUT2D eigenvalue weighted by atomic mass is 16.5. The Hall–Kier alpha value is -2.96. The monoisotopic (exact) mass is 341 g/mol. The van der Waals surface area contributed by atoms with E-state index < -0.39 is 6.09 Å². The molecule has 2 heterocycles. The van der Waals surface area contributed by atoms with E-state index in [4.69, 9.17) is 10.5 Å². The molecule has 0 bridgehead atoms. The first-order valence-corrected chi connectivity index (χ1v) is 8.27. The molecular formula is C18H23N5O2. The molecule has 2 aromatic rings. The largest absolute Gasteiger partial charge is 0.449 e. The van der Waals surface area contributed by atoms with Gasteiger partial charge in [0.05, 0.1) is 12.8 Å². The Morgan fingerprint density at radius 3 is 2.80 bits per heavy atom. The zero-order valence-corrected chi connectivity index (χ0v) is 14.7. The maximum atomic E-state index is 11.7. The summed E-state index contributed by atoms with van der Waals surface area (Å²) < 4.78 is 6.82. The van der Waals surface area contributed by atoms with Crippen LogP contribution in [0.15, 0.2) is 30.5 Å². The molecule has 7 heteroatoms. The maximum absolute atomic E-state index is 11.7. The number of hydrogen-bond acceptors (Lipinski definition) is 5. The summed E-state index contributed by atoms with van der Waals surface area (Å²) in [5, 5.41) is 10.4. The van der Waals surface area contributed by atoms with E-state index in [1.165, 1.54) is 0 Å². The van der Waals surface area contributed by atoms with E-state index in [0.29, 0.717) is 30.6 Å². The van der Waals surface area contributed by atoms with Crippen molar-refractivity contribution in [2.24, 2.45) is 11.7 Å². The second kappa shape index (κ2) is 6.88. The first kappa shape index (κ1) is 16.9. The normalized spacial score (nSPS) is 13.4. The highest BCUT2D eigenvalue weighted by Gasteiger charge is 2.19. The molecule has 0 spiro atoms. The van der Waals surface area contributed by atoms with Gasteiger partial charge >= 0.3 is 6.09 Å². The number of nitrogens with one attached hydrogen (secondary N) is 2. The lowest BCUT2D eigenvalue weighted by Crippen LogP contribution is -2.23. The summed E-state index contributed by atoms with van der Waals surface area (Å²) in [5.41, 5.74) is 9.95. The number of hydrogen-bond donors (Lipinski definition) is 3. The molecule has 0 saturated carbocycles. The van der Waals surface area contributed by atoms with Crippen molar-refractivity contribution in [2.75, 3.05) is 23.8 Å². The minimum atomic E-state index is -0.448. The second-order valence-corrected chi connectivity index (χ2v) is 6.50. The van der Waals surface area contributed by atoms with Crippen molar-refractivity contribution >= 4 is 29.0 Å². The van der Waals surface area contributed by atoms with Crippen LogP contribution in [0, 0.1) is 12.8 Å². The number of carbonyl (C=O) groups excluding carboxylic acids is 1. The van der Waals surface area contributed by atoms with E-state index >= 15 is 0 Å². The predicted molar refractivity (Wildman–Crippen MR) is 99.0 cm³/mol. The van der Waals surface area contributed by atoms with E-state index in [-0.39, 0.29) is 0 Å². The highest BCUT2D eigenvalue weighted by Crippen LogP contribution is 2.28. The van der Waals surface area contributed by atoms with Gasteiger partial charge in [0.2, 0.25) is 0 Å². The summed E-state index contributed by atoms with van der Waals surface area (Å²) >= 11 is 0. The summed E-state index contributed by atoms with van der Waals surface area (Å²) in [6.07, 6.45) is 1.34. The summed E-state index contributed by atoms with van der Waals surface area (Å²) in [7, 11) is 0. The Kier molecular flexibility index (Phi) is 4.65. The fourth-order valence-corrected chi connectivity index (χ4v) is 2.62. The Balaban J connectivity index is 1.74. The molecule has 0 fully saturated rings. The van der Waals surface area contributed by atoms with Crippen molar-refractivity contribution in [3.63, 3.8) is 0 Å². The molecule has 132 valence electrons. The molecule has 3 rings (SSSR count). The minimum absolute atomic E-state index is 0.303. The van der Waals surface area contributed by atoms with Crippen molar-refractivity contribution in [3.8, 4) is 0 Å². The molecular weight excluding hydrogens is 318 g/mol. The fourth-order valence-electron chi connectivity index (χ4n) is 2.62. The van der Waals surface area contributed by atoms with Gasteiger partial charge in [0.25, 0.3) is 0 Å². The average molecular weight is 341 g/mol. The predicted octanol–water partition coefficient (Wildman–Crippen LogP) is 3.11. The van der Waals surface area contributed by atoms with Crippen molar-refractivity contribution in [1.82, 2.24) is 9.78 Å². The molecule has 1 aliphatic heterocycles. The molecule has 1 amide bonds. The Bertz CT molecular complexity index is 805. The number of aryl methyl sites for hydroxylation is 1. The van der Waals surface area contributed by atoms with Crippen LogP contribution in [0.3, 0.4) is 0 Å². The molecule has 1 aliphatic rings. The summed E-state index contributed by atoms with van der Waals surface area (Å²) in [6, 6.07) is 7.50. The Morgan fingerprint density at radius 2 is 2.12 bits per heavy atom. The zero-order valence-electron chi connectivity index (χ0n) is 14.7. The van der Waals surface area contributed by atoms with E-state index in [9.17, 15) is 4.79 Å². The van der Waals surface area contributed by atoms with Crippen LogP contribution in [-0.2, 0) is 4.74 Å². The number of nitrogens with zero attached hydrogens (tertiary/aromatic N) is 2. The third-order valence-electron chi connectivity index (χ3n) is 3.95. The van der Waals surface area contributed by atoms with Crippen molar-refractivity contribution < 1.29 is 9.53 Å². The molecule has 25 heavy (non-hydrogen) atoms. The molecule has 0 atom stereocenters. The van der Waals surface area contributed by atoms with E-state index in [0.717, 1.165) is 22.5 Å². The van der Waals surface area contributed by atoms with Crippen LogP contribution in [0.25, 0.3) is 11.4 Å². The van der Waals surface area contributed by atoms with Crippen LogP contribution >= 0.6 is 0 Å². The van der Waals surface area contributed by atoms with E-state index in [1.807, 2.05) is 45.0 Å². The number of nitrogens with two attached hydrogens (primary N) is 1. The van der Waals surface area contributed by atoms with Gasteiger partial charge in [-0.05, 0) is 30.5 Å². The van der Waals surface area contributed by atoms with Crippen molar-refractivity contribution in [2.45, 2.75) is 20.8 Å². The van der Waals surface area contributed by atoms with Crippen molar-refractivity contribution in [3.05, 3.63) is 41.6 Å². The highest BCUT2D eigenvalue weighted by molar-refractivity contribution is 5.89. The van der Waals surface area contributed by atoms with Crippen LogP contribution in [-0.4, -0.2) is 29.0 Å². The van der Waals surface area contributed by atoms with Crippen LogP contribution in [0.5, 0.6) is 0 Å². The van der Waals surface area contributed by atoms with Crippen LogP contribution < -0.4 is 16.4 Å². The number of amides is 1. The summed E-state index contributed by atoms with van der Waals surface area (Å²) in [6.45, 7) is 6.99. The zero-order chi connectivity index (χ0) is 18.0. The standard InChI is InChI=1S/C18H23N5O2/c1-11(2)10-25-18(24)22-14-6-4-13(5-7-14)15-9-20-17-12(3)8-21-23(17)16(15)19/h4-8,11,20H,9-10,19H2,1-3H3,(H,22,24). The van der Waals surface area contributed by atoms with Crippen LogP contribution in [0.1, 0.15) is 25.0 Å². The number of aromatic nitrogens is 2. The number of carbonyl (C=O) groups is 1. The van der Waals surface area contributed by atoms with Gasteiger partial charge < -0.3 is 15.8 Å². The quantitative estimate of drug-likeness (QED) is 0.794. The minimum Gasteiger partial charge on any atom is -0.449 e. The molecule has 0 unspecified atom stereocenters. The number of anilines is 2. The van der Waals surface area contributed by atoms with Gasteiger partial charge in [-0.3, -0.25) is 5.32 Å². The third-order valence-corrected chi connectivity index (χ3v) is 3.95. The van der Waals surface area contributed by atoms with Gasteiger partial charge in [0, 0.05) is 23.4 Å². The Morgan fingerprint density at radius 1 is 1.40 bits per heavy atom. The number of ether oxygens (including phenoxy) is 1. The SMILES string of the molecule is Cc1cnn2c1NCC(c1ccc(NC(=O)OCC(C)C)cc1)=C2N. The third kappa shape index (κ3) is 3.60. The molecule has 0 saturated heterocycles. The molecule has 0 radical (unpaired) electrons. The molecule has 0 aliphatic carbocycles. The first-order valence-electron chi connectivity index (χ1n) is 8.27. The van der Waals surface area contributed by atoms with Gasteiger partial charge in [0.15, 0.2) is 0 Å². The lowest BCUT2D eigenvalue weighted by atomic mass is 10.0. The first-order chi connectivity index (χ1) is 12.0. The van der Waals surface area contributed by atoms with Gasteiger partial charge in [0.1, 0.15) is 11.6 Å². The summed E-state index contributed by atoms with van der Waals surface area (Å²) in [5.74, 6) is 1.84. The van der Waals surface area contributed by atoms with Gasteiger partial charge in [-0.25, -0.2) is 9.48 Å². The molecule has 7 nitrogen and oxygen atoms in total. The van der Waals surface area contributed by atoms with Crippen molar-refractivity contribution in [1.29, 1.82) is 0 Å². The molecule has 1 aromatic carbocycles. The smallest absolute Gasteiger partial charge is 0.411 e. The maximum Gasteiger partial charge on any atom is 0.411 e. The number of rotatable bonds is 4. The van der Waals surface area contributed by atoms with Crippen LogP contribution in [0.4, 0.5) is 16.3 Å². The topological polar surface area (TPSA) is 94.2 Å². The molecule has 4 N–H and O–H groups in total. The second-order valence-electron chi connectivity index (χ2n) is 6.50. The fraction of sp³-hybridized carbons (Fsp3) is 0.333. The number of fused-ring (bicyclic) bond motifs is 1. The van der Waals surface area contributed by atoms with Gasteiger partial charge in [-0.2, -0.15) is 5.10 Å². The molecule has 1 aromatic heterocycles. The Labute approximate surface area is 146 Å². The van der Waals surface area contributed by atoms with E-state index in [1.54, 1.807) is 10.9 Å². The summed E-state index contributed by atoms with van der Waals surface area (Å²) in [4.78, 5) is 11.7. The lowest BCUT2D eigenvalue weighted by Gasteiger charge is -2.22. The average Bonchev–Trinajstić information content (AvgIpc) is 2.96. The lowest BCUT2D eigenvalue weighted by molar-refractivity contribution is 0.147. The van der Waals surface area contributed by atoms with Gasteiger partial charge in [-0.15, -0.1) is 0 Å². The van der Waals surface area contributed by atoms with E-state index in [2.05, 4.69) is 15.7 Å². The van der Waals surface area contributed by atoms with Crippen LogP contribution in [0.2, 0.25) is 0 Å². The number of benzene rings is 1. The van der Waals surface area contributed by atoms with Gasteiger partial charge in [-0.1, -0.05) is 26.0 Å².